The van der Waals surface area contributed by atoms with Crippen LogP contribution in [0.1, 0.15) is 22.5 Å². The standard InChI is InChI=1S/C8H3F5INO2/c9-7(10)5-3(2-16)15-1-4(6(5)14)17-8(11,12)13/h1-2,7H. The first-order valence-corrected chi connectivity index (χ1v) is 5.01. The second-order valence-corrected chi connectivity index (χ2v) is 3.78. The fourth-order valence-corrected chi connectivity index (χ4v) is 1.76. The molecule has 0 saturated carbocycles. The lowest BCUT2D eigenvalue weighted by Gasteiger charge is -2.13. The number of rotatable bonds is 3. The fourth-order valence-electron chi connectivity index (χ4n) is 0.997. The highest BCUT2D eigenvalue weighted by Gasteiger charge is 2.33. The second-order valence-electron chi connectivity index (χ2n) is 2.70. The molecule has 0 saturated heterocycles. The second kappa shape index (κ2) is 5.10. The quantitative estimate of drug-likeness (QED) is 0.468. The number of nitrogens with zero attached hydrogens (tertiary/aromatic N) is 1. The van der Waals surface area contributed by atoms with E-state index in [4.69, 9.17) is 0 Å². The van der Waals surface area contributed by atoms with Gasteiger partial charge in [-0.15, -0.1) is 13.2 Å². The first-order chi connectivity index (χ1) is 7.76. The van der Waals surface area contributed by atoms with E-state index in [1.165, 1.54) is 22.6 Å². The third kappa shape index (κ3) is 3.48. The zero-order valence-electron chi connectivity index (χ0n) is 7.76. The summed E-state index contributed by atoms with van der Waals surface area (Å²) in [6.45, 7) is 0. The highest BCUT2D eigenvalue weighted by Crippen LogP contribution is 2.34. The van der Waals surface area contributed by atoms with Gasteiger partial charge in [-0.25, -0.2) is 13.8 Å². The van der Waals surface area contributed by atoms with Crippen molar-refractivity contribution in [3.05, 3.63) is 21.0 Å². The minimum Gasteiger partial charge on any atom is -0.403 e. The Morgan fingerprint density at radius 2 is 2.00 bits per heavy atom. The number of hydrogen-bond acceptors (Lipinski definition) is 3. The van der Waals surface area contributed by atoms with Crippen LogP contribution in [0.4, 0.5) is 22.0 Å². The van der Waals surface area contributed by atoms with Gasteiger partial charge >= 0.3 is 6.36 Å². The van der Waals surface area contributed by atoms with Crippen LogP contribution in [0.25, 0.3) is 0 Å². The maximum atomic E-state index is 12.5. The minimum absolute atomic E-state index is 0.0427. The van der Waals surface area contributed by atoms with Crippen molar-refractivity contribution in [1.82, 2.24) is 4.98 Å². The number of pyridine rings is 1. The first-order valence-electron chi connectivity index (χ1n) is 3.93. The summed E-state index contributed by atoms with van der Waals surface area (Å²) in [7, 11) is 0. The van der Waals surface area contributed by atoms with Crippen molar-refractivity contribution in [3.8, 4) is 5.75 Å². The monoisotopic (exact) mass is 367 g/mol. The summed E-state index contributed by atoms with van der Waals surface area (Å²) in [5.74, 6) is -0.862. The Morgan fingerprint density at radius 1 is 1.41 bits per heavy atom. The Hall–Kier alpha value is -1.00. The Kier molecular flexibility index (Phi) is 4.22. The molecule has 0 aromatic carbocycles. The summed E-state index contributed by atoms with van der Waals surface area (Å²) < 4.78 is 63.9. The molecule has 1 heterocycles. The Morgan fingerprint density at radius 3 is 2.41 bits per heavy atom. The van der Waals surface area contributed by atoms with Gasteiger partial charge in [0.15, 0.2) is 12.0 Å². The number of carbonyl (C=O) groups excluding carboxylic acids is 1. The maximum Gasteiger partial charge on any atom is 0.573 e. The van der Waals surface area contributed by atoms with E-state index in [0.717, 1.165) is 0 Å². The van der Waals surface area contributed by atoms with Crippen molar-refractivity contribution in [3.63, 3.8) is 0 Å². The molecule has 0 N–H and O–H groups in total. The SMILES string of the molecule is O=Cc1ncc(OC(F)(F)F)c(I)c1C(F)F. The smallest absolute Gasteiger partial charge is 0.403 e. The van der Waals surface area contributed by atoms with E-state index in [0.29, 0.717) is 6.20 Å². The molecule has 0 aliphatic carbocycles. The minimum atomic E-state index is -5.01. The van der Waals surface area contributed by atoms with Crippen LogP contribution in [-0.4, -0.2) is 17.6 Å². The maximum absolute atomic E-state index is 12.5. The topological polar surface area (TPSA) is 39.2 Å². The van der Waals surface area contributed by atoms with E-state index in [1.807, 2.05) is 0 Å². The van der Waals surface area contributed by atoms with E-state index >= 15 is 0 Å². The van der Waals surface area contributed by atoms with Gasteiger partial charge in [0.2, 0.25) is 0 Å². The summed E-state index contributed by atoms with van der Waals surface area (Å²) in [6, 6.07) is 0. The lowest BCUT2D eigenvalue weighted by Crippen LogP contribution is -2.19. The molecule has 94 valence electrons. The summed E-state index contributed by atoms with van der Waals surface area (Å²) >= 11 is 1.24. The molecule has 0 aliphatic heterocycles. The average Bonchev–Trinajstić information content (AvgIpc) is 2.18. The van der Waals surface area contributed by atoms with Crippen LogP contribution in [0, 0.1) is 3.57 Å². The van der Waals surface area contributed by atoms with Crippen molar-refractivity contribution < 1.29 is 31.5 Å². The van der Waals surface area contributed by atoms with Crippen LogP contribution < -0.4 is 4.74 Å². The van der Waals surface area contributed by atoms with Gasteiger partial charge in [-0.3, -0.25) is 4.79 Å². The first kappa shape index (κ1) is 14.1. The number of aromatic nitrogens is 1. The Labute approximate surface area is 105 Å². The Balaban J connectivity index is 3.28. The third-order valence-corrected chi connectivity index (χ3v) is 2.72. The lowest BCUT2D eigenvalue weighted by atomic mass is 10.2. The van der Waals surface area contributed by atoms with Crippen LogP contribution in [-0.2, 0) is 0 Å². The zero-order chi connectivity index (χ0) is 13.2. The lowest BCUT2D eigenvalue weighted by molar-refractivity contribution is -0.275. The normalized spacial score (nSPS) is 11.7. The number of ether oxygens (including phenoxy) is 1. The van der Waals surface area contributed by atoms with Crippen LogP contribution in [0.3, 0.4) is 0 Å². The molecule has 0 unspecified atom stereocenters. The van der Waals surface area contributed by atoms with Crippen molar-refractivity contribution in [1.29, 1.82) is 0 Å². The molecule has 1 aromatic rings. The molecule has 0 amide bonds. The van der Waals surface area contributed by atoms with Gasteiger partial charge in [0, 0.05) is 0 Å². The summed E-state index contributed by atoms with van der Waals surface area (Å²) in [4.78, 5) is 13.6. The summed E-state index contributed by atoms with van der Waals surface area (Å²) in [5.41, 5.74) is -1.48. The molecule has 9 heteroatoms. The average molecular weight is 367 g/mol. The molecule has 0 spiro atoms. The van der Waals surface area contributed by atoms with Gasteiger partial charge < -0.3 is 4.74 Å². The molecular formula is C8H3F5INO2. The fraction of sp³-hybridized carbons (Fsp3) is 0.250. The molecular weight excluding hydrogens is 364 g/mol. The van der Waals surface area contributed by atoms with Gasteiger partial charge in [-0.2, -0.15) is 0 Å². The van der Waals surface area contributed by atoms with E-state index in [1.54, 1.807) is 0 Å². The number of halogens is 6. The molecule has 1 aromatic heterocycles. The largest absolute Gasteiger partial charge is 0.573 e. The van der Waals surface area contributed by atoms with E-state index in [9.17, 15) is 26.7 Å². The van der Waals surface area contributed by atoms with Crippen molar-refractivity contribution in [2.24, 2.45) is 0 Å². The van der Waals surface area contributed by atoms with Gasteiger partial charge in [-0.05, 0) is 22.6 Å². The van der Waals surface area contributed by atoms with E-state index in [-0.39, 0.29) is 6.29 Å². The third-order valence-electron chi connectivity index (χ3n) is 1.61. The van der Waals surface area contributed by atoms with Crippen LogP contribution in [0.5, 0.6) is 5.75 Å². The van der Waals surface area contributed by atoms with Gasteiger partial charge in [0.25, 0.3) is 6.43 Å². The highest BCUT2D eigenvalue weighted by molar-refractivity contribution is 14.1. The summed E-state index contributed by atoms with van der Waals surface area (Å²) in [5, 5.41) is 0. The summed E-state index contributed by atoms with van der Waals surface area (Å²) in [6.07, 6.45) is -7.51. The highest BCUT2D eigenvalue weighted by atomic mass is 127. The molecule has 1 rings (SSSR count). The van der Waals surface area contributed by atoms with Crippen molar-refractivity contribution in [2.75, 3.05) is 0 Å². The number of carbonyl (C=O) groups is 1. The predicted molar refractivity (Wildman–Crippen MR) is 54.0 cm³/mol. The van der Waals surface area contributed by atoms with Gasteiger partial charge in [0.05, 0.1) is 15.3 Å². The van der Waals surface area contributed by atoms with E-state index < -0.39 is 33.4 Å². The molecule has 0 aliphatic rings. The van der Waals surface area contributed by atoms with Crippen molar-refractivity contribution >= 4 is 28.9 Å². The van der Waals surface area contributed by atoms with Gasteiger partial charge in [-0.1, -0.05) is 0 Å². The predicted octanol–water partition coefficient (Wildman–Crippen LogP) is 3.33. The Bertz CT molecular complexity index is 435. The molecule has 3 nitrogen and oxygen atoms in total. The molecule has 17 heavy (non-hydrogen) atoms. The molecule has 0 fully saturated rings. The number of aldehydes is 1. The molecule has 0 bridgehead atoms. The number of hydrogen-bond donors (Lipinski definition) is 0. The van der Waals surface area contributed by atoms with Crippen LogP contribution in [0.15, 0.2) is 6.20 Å². The molecule has 0 atom stereocenters. The van der Waals surface area contributed by atoms with Gasteiger partial charge in [0.1, 0.15) is 5.69 Å². The van der Waals surface area contributed by atoms with Crippen LogP contribution >= 0.6 is 22.6 Å². The zero-order valence-corrected chi connectivity index (χ0v) is 9.92. The van der Waals surface area contributed by atoms with Crippen molar-refractivity contribution in [2.45, 2.75) is 12.8 Å². The molecule has 0 radical (unpaired) electrons. The van der Waals surface area contributed by atoms with E-state index in [2.05, 4.69) is 9.72 Å². The van der Waals surface area contributed by atoms with Crippen LogP contribution in [0.2, 0.25) is 0 Å². The number of alkyl halides is 5.